The van der Waals surface area contributed by atoms with Crippen LogP contribution in [0, 0.1) is 0 Å². The highest BCUT2D eigenvalue weighted by Crippen LogP contribution is 2.37. The van der Waals surface area contributed by atoms with E-state index < -0.39 is 11.7 Å². The maximum atomic E-state index is 13.1. The van der Waals surface area contributed by atoms with Crippen LogP contribution in [0.15, 0.2) is 48.7 Å². The Morgan fingerprint density at radius 2 is 1.84 bits per heavy atom. The van der Waals surface area contributed by atoms with Gasteiger partial charge in [0.25, 0.3) is 0 Å². The Labute approximate surface area is 255 Å². The number of methoxy groups -OCH3 is 1. The van der Waals surface area contributed by atoms with Crippen molar-refractivity contribution in [3.05, 3.63) is 64.8 Å². The summed E-state index contributed by atoms with van der Waals surface area (Å²) < 4.78 is 13.1. The number of nitrogens with zero attached hydrogens (tertiary/aromatic N) is 4. The summed E-state index contributed by atoms with van der Waals surface area (Å²) in [6.07, 6.45) is 3.15. The zero-order valence-corrected chi connectivity index (χ0v) is 25.6. The molecule has 1 aromatic carbocycles. The number of nitrogens with one attached hydrogen (secondary N) is 1. The fourth-order valence-corrected chi connectivity index (χ4v) is 5.51. The Bertz CT molecular complexity index is 1710. The Kier molecular flexibility index (Phi) is 8.41. The molecule has 4 aromatic rings. The lowest BCUT2D eigenvalue weighted by Gasteiger charge is -2.29. The predicted molar refractivity (Wildman–Crippen MR) is 164 cm³/mol. The van der Waals surface area contributed by atoms with Crippen LogP contribution in [0.5, 0.6) is 5.88 Å². The molecule has 0 spiro atoms. The van der Waals surface area contributed by atoms with E-state index in [0.717, 1.165) is 17.2 Å². The minimum absolute atomic E-state index is 0.0265. The first-order valence-corrected chi connectivity index (χ1v) is 14.4. The number of hydrogen-bond donors (Lipinski definition) is 1. The molecule has 0 aliphatic carbocycles. The van der Waals surface area contributed by atoms with Crippen LogP contribution in [-0.2, 0) is 23.1 Å². The number of carbonyl (C=O) groups excluding carboxylic acids is 3. The van der Waals surface area contributed by atoms with Crippen LogP contribution >= 0.6 is 11.6 Å². The predicted octanol–water partition coefficient (Wildman–Crippen LogP) is 5.79. The van der Waals surface area contributed by atoms with E-state index in [2.05, 4.69) is 5.32 Å². The van der Waals surface area contributed by atoms with Gasteiger partial charge in [0.15, 0.2) is 6.29 Å². The second kappa shape index (κ2) is 12.0. The van der Waals surface area contributed by atoms with Crippen molar-refractivity contribution < 1.29 is 23.9 Å². The Morgan fingerprint density at radius 3 is 2.47 bits per heavy atom. The molecule has 0 bridgehead atoms. The molecule has 2 amide bonds. The van der Waals surface area contributed by atoms with Gasteiger partial charge in [0.2, 0.25) is 11.8 Å². The fourth-order valence-electron chi connectivity index (χ4n) is 5.19. The quantitative estimate of drug-likeness (QED) is 0.253. The molecule has 5 rings (SSSR count). The van der Waals surface area contributed by atoms with E-state index in [9.17, 15) is 14.4 Å². The lowest BCUT2D eigenvalue weighted by atomic mass is 10.0. The van der Waals surface area contributed by atoms with Crippen molar-refractivity contribution in [1.82, 2.24) is 24.8 Å². The van der Waals surface area contributed by atoms with Crippen LogP contribution < -0.4 is 10.1 Å². The van der Waals surface area contributed by atoms with Crippen LogP contribution in [0.25, 0.3) is 33.5 Å². The highest BCUT2D eigenvalue weighted by atomic mass is 35.5. The number of pyridine rings is 2. The van der Waals surface area contributed by atoms with Crippen molar-refractivity contribution >= 4 is 40.9 Å². The number of rotatable bonds is 8. The third kappa shape index (κ3) is 6.49. The van der Waals surface area contributed by atoms with Gasteiger partial charge in [0, 0.05) is 59.9 Å². The Hall–Kier alpha value is -4.44. The molecule has 1 N–H and O–H groups in total. The number of hydrogen-bond acceptors (Lipinski definition) is 7. The maximum Gasteiger partial charge on any atom is 0.410 e. The number of halogens is 1. The van der Waals surface area contributed by atoms with Crippen molar-refractivity contribution in [2.24, 2.45) is 7.05 Å². The number of carbonyl (C=O) groups is 3. The average molecular weight is 604 g/mol. The summed E-state index contributed by atoms with van der Waals surface area (Å²) in [5.41, 5.74) is 3.89. The Balaban J connectivity index is 1.45. The molecule has 0 saturated carbocycles. The molecule has 11 heteroatoms. The van der Waals surface area contributed by atoms with Crippen molar-refractivity contribution in [3.63, 3.8) is 0 Å². The first kappa shape index (κ1) is 30.0. The molecule has 1 saturated heterocycles. The lowest BCUT2D eigenvalue weighted by Crippen LogP contribution is -2.43. The largest absolute Gasteiger partial charge is 0.481 e. The topological polar surface area (TPSA) is 116 Å². The van der Waals surface area contributed by atoms with Gasteiger partial charge in [-0.15, -0.1) is 0 Å². The lowest BCUT2D eigenvalue weighted by molar-refractivity contribution is -0.119. The highest BCUT2D eigenvalue weighted by Gasteiger charge is 2.29. The third-order valence-corrected chi connectivity index (χ3v) is 7.61. The summed E-state index contributed by atoms with van der Waals surface area (Å²) in [5, 5.41) is 4.15. The molecule has 1 aliphatic heterocycles. The van der Waals surface area contributed by atoms with Gasteiger partial charge in [0.05, 0.1) is 30.1 Å². The number of fused-ring (bicyclic) bond motifs is 1. The molecule has 3 aromatic heterocycles. The minimum Gasteiger partial charge on any atom is -0.481 e. The summed E-state index contributed by atoms with van der Waals surface area (Å²) in [5.74, 6) is 0.314. The fraction of sp³-hybridized carbons (Fsp3) is 0.344. The number of aryl methyl sites for hydroxylation is 1. The standard InChI is InChI=1S/C32H34ClN5O5/c1-32(2,3)43-31(41)38(17-21-10-14-27(40)34-21)16-19-9-12-26(36-30(19)42-5)24-8-6-7-23(28(24)33)25-13-11-22-20(18-39)15-37(4)29(22)35-25/h6-9,11-13,15,18,21H,10,14,16-17H2,1-5H3,(H,34,40)/t21-/m0/s1. The van der Waals surface area contributed by atoms with E-state index in [1.54, 1.807) is 11.1 Å². The molecular formula is C32H34ClN5O5. The first-order valence-electron chi connectivity index (χ1n) is 14.0. The molecule has 10 nitrogen and oxygen atoms in total. The van der Waals surface area contributed by atoms with Crippen LogP contribution in [0.2, 0.25) is 5.02 Å². The van der Waals surface area contributed by atoms with Gasteiger partial charge in [-0.05, 0) is 51.5 Å². The number of amides is 2. The van der Waals surface area contributed by atoms with E-state index in [1.165, 1.54) is 7.11 Å². The van der Waals surface area contributed by atoms with Crippen LogP contribution in [0.4, 0.5) is 4.79 Å². The average Bonchev–Trinajstić information content (AvgIpc) is 3.53. The van der Waals surface area contributed by atoms with Gasteiger partial charge >= 0.3 is 6.09 Å². The summed E-state index contributed by atoms with van der Waals surface area (Å²) in [7, 11) is 3.37. The molecule has 1 fully saturated rings. The molecule has 43 heavy (non-hydrogen) atoms. The third-order valence-electron chi connectivity index (χ3n) is 7.20. The molecule has 4 heterocycles. The van der Waals surface area contributed by atoms with Gasteiger partial charge in [-0.2, -0.15) is 0 Å². The molecule has 0 radical (unpaired) electrons. The second-order valence-corrected chi connectivity index (χ2v) is 12.0. The van der Waals surface area contributed by atoms with E-state index in [0.29, 0.717) is 64.0 Å². The highest BCUT2D eigenvalue weighted by molar-refractivity contribution is 6.36. The van der Waals surface area contributed by atoms with E-state index >= 15 is 0 Å². The number of benzene rings is 1. The molecule has 1 aliphatic rings. The van der Waals surface area contributed by atoms with Gasteiger partial charge in [-0.1, -0.05) is 29.8 Å². The molecule has 1 atom stereocenters. The monoisotopic (exact) mass is 603 g/mol. The van der Waals surface area contributed by atoms with Crippen molar-refractivity contribution in [3.8, 4) is 28.4 Å². The van der Waals surface area contributed by atoms with Crippen LogP contribution in [0.3, 0.4) is 0 Å². The molecule has 0 unspecified atom stereocenters. The van der Waals surface area contributed by atoms with Crippen molar-refractivity contribution in [2.45, 2.75) is 51.8 Å². The first-order chi connectivity index (χ1) is 20.5. The summed E-state index contributed by atoms with van der Waals surface area (Å²) >= 11 is 6.94. The smallest absolute Gasteiger partial charge is 0.410 e. The van der Waals surface area contributed by atoms with E-state index in [-0.39, 0.29) is 18.5 Å². The van der Waals surface area contributed by atoms with Gasteiger partial charge in [0.1, 0.15) is 11.2 Å². The normalized spacial score (nSPS) is 14.9. The summed E-state index contributed by atoms with van der Waals surface area (Å²) in [6, 6.07) is 12.9. The Morgan fingerprint density at radius 1 is 1.14 bits per heavy atom. The van der Waals surface area contributed by atoms with Crippen molar-refractivity contribution in [2.75, 3.05) is 13.7 Å². The van der Waals surface area contributed by atoms with Crippen molar-refractivity contribution in [1.29, 1.82) is 0 Å². The van der Waals surface area contributed by atoms with Crippen LogP contribution in [0.1, 0.15) is 49.5 Å². The summed E-state index contributed by atoms with van der Waals surface area (Å²) in [6.45, 7) is 5.91. The summed E-state index contributed by atoms with van der Waals surface area (Å²) in [4.78, 5) is 47.5. The second-order valence-electron chi connectivity index (χ2n) is 11.6. The zero-order valence-electron chi connectivity index (χ0n) is 24.8. The molecular weight excluding hydrogens is 570 g/mol. The van der Waals surface area contributed by atoms with Gasteiger partial charge < -0.3 is 24.3 Å². The van der Waals surface area contributed by atoms with Gasteiger partial charge in [-0.3, -0.25) is 9.59 Å². The number of aldehydes is 1. The maximum absolute atomic E-state index is 13.1. The van der Waals surface area contributed by atoms with E-state index in [4.69, 9.17) is 31.0 Å². The van der Waals surface area contributed by atoms with Gasteiger partial charge in [-0.25, -0.2) is 14.8 Å². The number of ether oxygens (including phenoxy) is 2. The van der Waals surface area contributed by atoms with Crippen LogP contribution in [-0.4, -0.2) is 63.0 Å². The molecule has 224 valence electrons. The SMILES string of the molecule is COc1nc(-c2cccc(-c3ccc4c(C=O)cn(C)c4n3)c2Cl)ccc1CN(C[C@@H]1CCC(=O)N1)C(=O)OC(C)(C)C. The zero-order chi connectivity index (χ0) is 30.9. The van der Waals surface area contributed by atoms with E-state index in [1.807, 2.05) is 74.9 Å². The minimum atomic E-state index is -0.682. The number of aromatic nitrogens is 3.